The van der Waals surface area contributed by atoms with Gasteiger partial charge in [-0.25, -0.2) is 9.97 Å². The third-order valence-electron chi connectivity index (χ3n) is 3.33. The molecular weight excluding hydrogens is 372 g/mol. The van der Waals surface area contributed by atoms with E-state index in [4.69, 9.17) is 10.5 Å². The Labute approximate surface area is 150 Å². The van der Waals surface area contributed by atoms with E-state index in [9.17, 15) is 4.79 Å². The lowest BCUT2D eigenvalue weighted by atomic mass is 10.0. The molecule has 0 bridgehead atoms. The number of carbonyl (C=O) groups excluding carboxylic acids is 1. The monoisotopic (exact) mass is 392 g/mol. The van der Waals surface area contributed by atoms with Gasteiger partial charge in [-0.3, -0.25) is 4.79 Å². The normalized spacial score (nSPS) is 10.8. The van der Waals surface area contributed by atoms with Crippen LogP contribution in [0.25, 0.3) is 11.3 Å². The van der Waals surface area contributed by atoms with Gasteiger partial charge in [0.1, 0.15) is 5.75 Å². The first kappa shape index (κ1) is 18.2. The molecule has 0 saturated heterocycles. The van der Waals surface area contributed by atoms with Crippen molar-refractivity contribution in [1.29, 1.82) is 0 Å². The van der Waals surface area contributed by atoms with Crippen LogP contribution in [0.3, 0.4) is 0 Å². The fraction of sp³-hybridized carbons (Fsp3) is 0.353. The van der Waals surface area contributed by atoms with Crippen LogP contribution in [0.15, 0.2) is 22.7 Å². The third kappa shape index (κ3) is 4.03. The van der Waals surface area contributed by atoms with Crippen molar-refractivity contribution in [2.75, 3.05) is 19.4 Å². The van der Waals surface area contributed by atoms with Gasteiger partial charge >= 0.3 is 0 Å². The van der Waals surface area contributed by atoms with Crippen molar-refractivity contribution in [3.63, 3.8) is 0 Å². The van der Waals surface area contributed by atoms with Crippen molar-refractivity contribution in [2.24, 2.45) is 5.92 Å². The van der Waals surface area contributed by atoms with Gasteiger partial charge < -0.3 is 15.8 Å². The van der Waals surface area contributed by atoms with Crippen LogP contribution in [0.1, 0.15) is 29.9 Å². The zero-order chi connectivity index (χ0) is 17.9. The second-order valence-corrected chi connectivity index (χ2v) is 6.73. The van der Waals surface area contributed by atoms with Crippen LogP contribution in [-0.2, 0) is 0 Å². The van der Waals surface area contributed by atoms with E-state index >= 15 is 0 Å². The van der Waals surface area contributed by atoms with Crippen molar-refractivity contribution < 1.29 is 9.53 Å². The van der Waals surface area contributed by atoms with Crippen LogP contribution in [-0.4, -0.2) is 29.5 Å². The summed E-state index contributed by atoms with van der Waals surface area (Å²) in [7, 11) is 1.57. The molecule has 0 aliphatic rings. The van der Waals surface area contributed by atoms with Gasteiger partial charge in [-0.2, -0.15) is 0 Å². The summed E-state index contributed by atoms with van der Waals surface area (Å²) in [6, 6.07) is 5.60. The Balaban J connectivity index is 2.66. The molecule has 128 valence electrons. The SMILES string of the molecule is CNC(=O)c1c(C)nc(N)nc1-c1cc(Br)ccc1OCC(C)C. The molecule has 0 aliphatic heterocycles. The van der Waals surface area contributed by atoms with Crippen LogP contribution in [0, 0.1) is 12.8 Å². The topological polar surface area (TPSA) is 90.1 Å². The van der Waals surface area contributed by atoms with E-state index in [1.54, 1.807) is 14.0 Å². The molecule has 1 heterocycles. The molecule has 2 aromatic rings. The average Bonchev–Trinajstić information content (AvgIpc) is 2.52. The average molecular weight is 393 g/mol. The predicted octanol–water partition coefficient (Wildman–Crippen LogP) is 3.19. The van der Waals surface area contributed by atoms with Gasteiger partial charge in [0.15, 0.2) is 0 Å². The van der Waals surface area contributed by atoms with Crippen LogP contribution < -0.4 is 15.8 Å². The number of anilines is 1. The molecule has 0 aliphatic carbocycles. The van der Waals surface area contributed by atoms with Gasteiger partial charge in [0, 0.05) is 17.1 Å². The van der Waals surface area contributed by atoms with Gasteiger partial charge in [-0.15, -0.1) is 0 Å². The minimum atomic E-state index is -0.266. The van der Waals surface area contributed by atoms with Gasteiger partial charge in [0.05, 0.1) is 23.6 Å². The molecule has 7 heteroatoms. The van der Waals surface area contributed by atoms with E-state index in [2.05, 4.69) is 45.1 Å². The Morgan fingerprint density at radius 3 is 2.71 bits per heavy atom. The molecule has 6 nitrogen and oxygen atoms in total. The second-order valence-electron chi connectivity index (χ2n) is 5.82. The van der Waals surface area contributed by atoms with Crippen molar-refractivity contribution in [1.82, 2.24) is 15.3 Å². The van der Waals surface area contributed by atoms with E-state index in [-0.39, 0.29) is 11.9 Å². The smallest absolute Gasteiger partial charge is 0.255 e. The third-order valence-corrected chi connectivity index (χ3v) is 3.82. The fourth-order valence-electron chi connectivity index (χ4n) is 2.26. The first-order valence-electron chi connectivity index (χ1n) is 7.62. The molecule has 0 fully saturated rings. The zero-order valence-electron chi connectivity index (χ0n) is 14.2. The number of hydrogen-bond donors (Lipinski definition) is 2. The lowest BCUT2D eigenvalue weighted by Crippen LogP contribution is -2.22. The van der Waals surface area contributed by atoms with E-state index in [0.29, 0.717) is 40.8 Å². The van der Waals surface area contributed by atoms with Crippen molar-refractivity contribution in [3.8, 4) is 17.0 Å². The van der Waals surface area contributed by atoms with Gasteiger partial charge in [0.2, 0.25) is 5.95 Å². The predicted molar refractivity (Wildman–Crippen MR) is 98.0 cm³/mol. The van der Waals surface area contributed by atoms with E-state index in [1.165, 1.54) is 0 Å². The first-order chi connectivity index (χ1) is 11.3. The second kappa shape index (κ2) is 7.61. The number of aryl methyl sites for hydroxylation is 1. The van der Waals surface area contributed by atoms with Crippen LogP contribution in [0.4, 0.5) is 5.95 Å². The standard InChI is InChI=1S/C17H21BrN4O2/c1-9(2)8-24-13-6-5-11(18)7-12(13)15-14(16(23)20-4)10(3)21-17(19)22-15/h5-7,9H,8H2,1-4H3,(H,20,23)(H2,19,21,22). The molecule has 0 saturated carbocycles. The van der Waals surface area contributed by atoms with Crippen LogP contribution >= 0.6 is 15.9 Å². The summed E-state index contributed by atoms with van der Waals surface area (Å²) >= 11 is 3.46. The molecule has 0 spiro atoms. The quantitative estimate of drug-likeness (QED) is 0.814. The number of benzene rings is 1. The largest absolute Gasteiger partial charge is 0.493 e. The summed E-state index contributed by atoms with van der Waals surface area (Å²) in [6.07, 6.45) is 0. The number of halogens is 1. The molecule has 24 heavy (non-hydrogen) atoms. The Kier molecular flexibility index (Phi) is 5.77. The summed E-state index contributed by atoms with van der Waals surface area (Å²) in [6.45, 7) is 6.44. The summed E-state index contributed by atoms with van der Waals surface area (Å²) in [4.78, 5) is 20.7. The fourth-order valence-corrected chi connectivity index (χ4v) is 2.62. The molecule has 1 amide bonds. The summed E-state index contributed by atoms with van der Waals surface area (Å²) < 4.78 is 6.76. The molecule has 0 radical (unpaired) electrons. The van der Waals surface area contributed by atoms with Gasteiger partial charge in [-0.1, -0.05) is 29.8 Å². The molecule has 0 atom stereocenters. The van der Waals surface area contributed by atoms with Crippen LogP contribution in [0.5, 0.6) is 5.75 Å². The van der Waals surface area contributed by atoms with Gasteiger partial charge in [0.25, 0.3) is 5.91 Å². The number of nitrogens with zero attached hydrogens (tertiary/aromatic N) is 2. The minimum absolute atomic E-state index is 0.116. The number of hydrogen-bond acceptors (Lipinski definition) is 5. The number of ether oxygens (including phenoxy) is 1. The van der Waals surface area contributed by atoms with Gasteiger partial charge in [-0.05, 0) is 31.0 Å². The first-order valence-corrected chi connectivity index (χ1v) is 8.41. The van der Waals surface area contributed by atoms with Crippen molar-refractivity contribution in [2.45, 2.75) is 20.8 Å². The number of rotatable bonds is 5. The highest BCUT2D eigenvalue weighted by Gasteiger charge is 2.21. The summed E-state index contributed by atoms with van der Waals surface area (Å²) in [5.74, 6) is 0.869. The van der Waals surface area contributed by atoms with Crippen molar-refractivity contribution in [3.05, 3.63) is 33.9 Å². The Morgan fingerprint density at radius 2 is 2.08 bits per heavy atom. The summed E-state index contributed by atoms with van der Waals surface area (Å²) in [5, 5.41) is 2.62. The molecule has 2 rings (SSSR count). The van der Waals surface area contributed by atoms with E-state index in [1.807, 2.05) is 18.2 Å². The zero-order valence-corrected chi connectivity index (χ0v) is 15.8. The lowest BCUT2D eigenvalue weighted by molar-refractivity contribution is 0.0962. The Morgan fingerprint density at radius 1 is 1.38 bits per heavy atom. The van der Waals surface area contributed by atoms with E-state index in [0.717, 1.165) is 4.47 Å². The Hall–Kier alpha value is -2.15. The molecule has 1 aromatic carbocycles. The number of carbonyl (C=O) groups is 1. The number of nitrogens with two attached hydrogens (primary N) is 1. The number of amides is 1. The lowest BCUT2D eigenvalue weighted by Gasteiger charge is -2.16. The van der Waals surface area contributed by atoms with E-state index < -0.39 is 0 Å². The number of aromatic nitrogens is 2. The molecule has 0 unspecified atom stereocenters. The highest BCUT2D eigenvalue weighted by molar-refractivity contribution is 9.10. The minimum Gasteiger partial charge on any atom is -0.493 e. The molecule has 1 aromatic heterocycles. The maximum atomic E-state index is 12.3. The molecule has 3 N–H and O–H groups in total. The number of nitrogens with one attached hydrogen (secondary N) is 1. The molecular formula is C17H21BrN4O2. The van der Waals surface area contributed by atoms with Crippen molar-refractivity contribution >= 4 is 27.8 Å². The highest BCUT2D eigenvalue weighted by Crippen LogP contribution is 2.35. The highest BCUT2D eigenvalue weighted by atomic mass is 79.9. The Bertz CT molecular complexity index is 762. The maximum Gasteiger partial charge on any atom is 0.255 e. The summed E-state index contributed by atoms with van der Waals surface area (Å²) in [5.41, 5.74) is 7.87. The van der Waals surface area contributed by atoms with Crippen LogP contribution in [0.2, 0.25) is 0 Å². The number of nitrogen functional groups attached to an aromatic ring is 1. The maximum absolute atomic E-state index is 12.3.